The predicted molar refractivity (Wildman–Crippen MR) is 81.9 cm³/mol. The van der Waals surface area contributed by atoms with Gasteiger partial charge in [-0.25, -0.2) is 4.79 Å². The molecule has 1 heterocycles. The molecular weight excluding hydrogens is 254 g/mol. The van der Waals surface area contributed by atoms with Crippen LogP contribution in [0, 0.1) is 5.92 Å². The second-order valence-electron chi connectivity index (χ2n) is 6.59. The van der Waals surface area contributed by atoms with E-state index >= 15 is 0 Å². The van der Waals surface area contributed by atoms with Crippen molar-refractivity contribution < 1.29 is 9.53 Å². The van der Waals surface area contributed by atoms with Gasteiger partial charge in [0.05, 0.1) is 0 Å². The molecule has 0 aromatic carbocycles. The van der Waals surface area contributed by atoms with Crippen molar-refractivity contribution in [2.45, 2.75) is 46.1 Å². The Labute approximate surface area is 123 Å². The topological polar surface area (TPSA) is 53.6 Å². The Morgan fingerprint density at radius 1 is 1.35 bits per heavy atom. The zero-order valence-corrected chi connectivity index (χ0v) is 13.5. The molecule has 0 aliphatic carbocycles. The van der Waals surface area contributed by atoms with E-state index in [-0.39, 0.29) is 6.09 Å². The summed E-state index contributed by atoms with van der Waals surface area (Å²) >= 11 is 0. The highest BCUT2D eigenvalue weighted by molar-refractivity contribution is 5.67. The SMILES string of the molecule is CCCNCCN1CCC(CNC(=O)OC(C)(C)C)C1. The minimum Gasteiger partial charge on any atom is -0.444 e. The van der Waals surface area contributed by atoms with Crippen LogP contribution in [0.3, 0.4) is 0 Å². The normalized spacial score (nSPS) is 20.1. The number of likely N-dealkylation sites (tertiary alicyclic amines) is 1. The van der Waals surface area contributed by atoms with E-state index in [0.717, 1.165) is 39.1 Å². The minimum atomic E-state index is -0.420. The first-order valence-corrected chi connectivity index (χ1v) is 7.80. The lowest BCUT2D eigenvalue weighted by molar-refractivity contribution is 0.0519. The van der Waals surface area contributed by atoms with Crippen molar-refractivity contribution in [1.82, 2.24) is 15.5 Å². The maximum absolute atomic E-state index is 11.6. The molecule has 1 saturated heterocycles. The quantitative estimate of drug-likeness (QED) is 0.701. The first kappa shape index (κ1) is 17.2. The van der Waals surface area contributed by atoms with Gasteiger partial charge >= 0.3 is 6.09 Å². The fourth-order valence-corrected chi connectivity index (χ4v) is 2.36. The van der Waals surface area contributed by atoms with Gasteiger partial charge in [0, 0.05) is 26.2 Å². The number of nitrogens with zero attached hydrogens (tertiary/aromatic N) is 1. The van der Waals surface area contributed by atoms with Gasteiger partial charge in [-0.1, -0.05) is 6.92 Å². The van der Waals surface area contributed by atoms with Crippen LogP contribution in [0.2, 0.25) is 0 Å². The molecule has 1 atom stereocenters. The lowest BCUT2D eigenvalue weighted by Crippen LogP contribution is -2.36. The summed E-state index contributed by atoms with van der Waals surface area (Å²) in [6.07, 6.45) is 2.03. The monoisotopic (exact) mass is 285 g/mol. The number of hydrogen-bond donors (Lipinski definition) is 2. The van der Waals surface area contributed by atoms with Gasteiger partial charge in [0.2, 0.25) is 0 Å². The molecule has 20 heavy (non-hydrogen) atoms. The molecule has 1 rings (SSSR count). The minimum absolute atomic E-state index is 0.305. The molecule has 5 nitrogen and oxygen atoms in total. The van der Waals surface area contributed by atoms with E-state index in [1.54, 1.807) is 0 Å². The molecule has 0 aromatic rings. The Morgan fingerprint density at radius 2 is 2.10 bits per heavy atom. The Bertz CT molecular complexity index is 289. The van der Waals surface area contributed by atoms with Gasteiger partial charge in [-0.05, 0) is 52.6 Å². The summed E-state index contributed by atoms with van der Waals surface area (Å²) in [6.45, 7) is 14.0. The number of hydrogen-bond acceptors (Lipinski definition) is 4. The fourth-order valence-electron chi connectivity index (χ4n) is 2.36. The van der Waals surface area contributed by atoms with Gasteiger partial charge < -0.3 is 20.3 Å². The van der Waals surface area contributed by atoms with Crippen LogP contribution in [-0.4, -0.2) is 55.9 Å². The van der Waals surface area contributed by atoms with Crippen LogP contribution in [0.4, 0.5) is 4.79 Å². The molecule has 0 radical (unpaired) electrons. The van der Waals surface area contributed by atoms with Crippen LogP contribution < -0.4 is 10.6 Å². The Balaban J connectivity index is 2.10. The smallest absolute Gasteiger partial charge is 0.407 e. The van der Waals surface area contributed by atoms with E-state index in [0.29, 0.717) is 12.5 Å². The van der Waals surface area contributed by atoms with E-state index in [1.807, 2.05) is 20.8 Å². The van der Waals surface area contributed by atoms with Crippen molar-refractivity contribution in [3.63, 3.8) is 0 Å². The van der Waals surface area contributed by atoms with Crippen molar-refractivity contribution in [1.29, 1.82) is 0 Å². The molecule has 1 unspecified atom stereocenters. The molecule has 1 aliphatic heterocycles. The maximum atomic E-state index is 11.6. The number of nitrogens with one attached hydrogen (secondary N) is 2. The molecular formula is C15H31N3O2. The van der Waals surface area contributed by atoms with E-state index in [2.05, 4.69) is 22.5 Å². The highest BCUT2D eigenvalue weighted by Crippen LogP contribution is 2.15. The van der Waals surface area contributed by atoms with Crippen LogP contribution in [0.25, 0.3) is 0 Å². The van der Waals surface area contributed by atoms with Crippen molar-refractivity contribution in [2.24, 2.45) is 5.92 Å². The van der Waals surface area contributed by atoms with Crippen molar-refractivity contribution in [3.8, 4) is 0 Å². The second kappa shape index (κ2) is 8.47. The maximum Gasteiger partial charge on any atom is 0.407 e. The van der Waals surface area contributed by atoms with Gasteiger partial charge in [0.15, 0.2) is 0 Å². The largest absolute Gasteiger partial charge is 0.444 e. The molecule has 0 bridgehead atoms. The Morgan fingerprint density at radius 3 is 2.75 bits per heavy atom. The molecule has 1 aliphatic rings. The number of rotatable bonds is 7. The van der Waals surface area contributed by atoms with Gasteiger partial charge in [0.1, 0.15) is 5.60 Å². The molecule has 0 saturated carbocycles. The molecule has 0 aromatic heterocycles. The standard InChI is InChI=1S/C15H31N3O2/c1-5-7-16-8-10-18-9-6-13(12-18)11-17-14(19)20-15(2,3)4/h13,16H,5-12H2,1-4H3,(H,17,19). The molecule has 1 fully saturated rings. The van der Waals surface area contributed by atoms with Crippen molar-refractivity contribution in [2.75, 3.05) is 39.3 Å². The third kappa shape index (κ3) is 7.70. The third-order valence-electron chi connectivity index (χ3n) is 3.34. The van der Waals surface area contributed by atoms with Gasteiger partial charge in [-0.15, -0.1) is 0 Å². The molecule has 2 N–H and O–H groups in total. The van der Waals surface area contributed by atoms with Crippen LogP contribution >= 0.6 is 0 Å². The Kier molecular flexibility index (Phi) is 7.30. The van der Waals surface area contributed by atoms with E-state index in [9.17, 15) is 4.79 Å². The predicted octanol–water partition coefficient (Wildman–Crippen LogP) is 1.83. The zero-order chi connectivity index (χ0) is 15.0. The summed E-state index contributed by atoms with van der Waals surface area (Å²) in [5.41, 5.74) is -0.420. The average Bonchev–Trinajstić information content (AvgIpc) is 2.78. The number of alkyl carbamates (subject to hydrolysis) is 1. The second-order valence-corrected chi connectivity index (χ2v) is 6.59. The van der Waals surface area contributed by atoms with E-state index in [1.165, 1.54) is 6.42 Å². The molecule has 1 amide bonds. The Hall–Kier alpha value is -0.810. The summed E-state index contributed by atoms with van der Waals surface area (Å²) in [7, 11) is 0. The van der Waals surface area contributed by atoms with Crippen LogP contribution in [0.15, 0.2) is 0 Å². The summed E-state index contributed by atoms with van der Waals surface area (Å²) in [5, 5.41) is 6.30. The number of amides is 1. The number of ether oxygens (including phenoxy) is 1. The lowest BCUT2D eigenvalue weighted by atomic mass is 10.1. The highest BCUT2D eigenvalue weighted by atomic mass is 16.6. The number of carbonyl (C=O) groups excluding carboxylic acids is 1. The van der Waals surface area contributed by atoms with E-state index < -0.39 is 5.60 Å². The van der Waals surface area contributed by atoms with Crippen molar-refractivity contribution in [3.05, 3.63) is 0 Å². The van der Waals surface area contributed by atoms with Crippen LogP contribution in [0.1, 0.15) is 40.5 Å². The van der Waals surface area contributed by atoms with Gasteiger partial charge in [0.25, 0.3) is 0 Å². The first-order chi connectivity index (χ1) is 9.40. The van der Waals surface area contributed by atoms with Crippen LogP contribution in [0.5, 0.6) is 0 Å². The zero-order valence-electron chi connectivity index (χ0n) is 13.5. The third-order valence-corrected chi connectivity index (χ3v) is 3.34. The van der Waals surface area contributed by atoms with Gasteiger partial charge in [-0.3, -0.25) is 0 Å². The summed E-state index contributed by atoms with van der Waals surface area (Å²) in [5.74, 6) is 0.550. The summed E-state index contributed by atoms with van der Waals surface area (Å²) < 4.78 is 5.24. The average molecular weight is 285 g/mol. The molecule has 5 heteroatoms. The number of carbonyl (C=O) groups is 1. The lowest BCUT2D eigenvalue weighted by Gasteiger charge is -2.21. The fraction of sp³-hybridized carbons (Fsp3) is 0.933. The van der Waals surface area contributed by atoms with Crippen LogP contribution in [-0.2, 0) is 4.74 Å². The summed E-state index contributed by atoms with van der Waals surface area (Å²) in [4.78, 5) is 14.0. The first-order valence-electron chi connectivity index (χ1n) is 7.80. The highest BCUT2D eigenvalue weighted by Gasteiger charge is 2.23. The molecule has 118 valence electrons. The van der Waals surface area contributed by atoms with Crippen molar-refractivity contribution >= 4 is 6.09 Å². The van der Waals surface area contributed by atoms with Gasteiger partial charge in [-0.2, -0.15) is 0 Å². The summed E-state index contributed by atoms with van der Waals surface area (Å²) in [6, 6.07) is 0. The van der Waals surface area contributed by atoms with E-state index in [4.69, 9.17) is 4.74 Å². The molecule has 0 spiro atoms.